The standard InChI is InChI=1S/C17H19NO3/c1-20-15-8-3-2-6-13(15)12-14-7-4-10-18(14)17(19)16-9-5-11-21-16/h2-3,5-6,8-9,11,14H,4,7,10,12H2,1H3/t14-/m0/s1. The van der Waals surface area contributed by atoms with Gasteiger partial charge >= 0.3 is 0 Å². The molecular formula is C17H19NO3. The van der Waals surface area contributed by atoms with Gasteiger partial charge in [0.15, 0.2) is 5.76 Å². The molecule has 1 fully saturated rings. The molecule has 2 aromatic rings. The third-order valence-corrected chi connectivity index (χ3v) is 4.02. The van der Waals surface area contributed by atoms with Gasteiger partial charge in [-0.1, -0.05) is 18.2 Å². The van der Waals surface area contributed by atoms with Crippen molar-refractivity contribution in [3.63, 3.8) is 0 Å². The van der Waals surface area contributed by atoms with Gasteiger partial charge < -0.3 is 14.1 Å². The van der Waals surface area contributed by atoms with E-state index in [0.29, 0.717) is 5.76 Å². The van der Waals surface area contributed by atoms with E-state index >= 15 is 0 Å². The molecule has 1 saturated heterocycles. The van der Waals surface area contributed by atoms with Crippen molar-refractivity contribution in [2.24, 2.45) is 0 Å². The zero-order chi connectivity index (χ0) is 14.7. The van der Waals surface area contributed by atoms with E-state index in [2.05, 4.69) is 6.07 Å². The van der Waals surface area contributed by atoms with Gasteiger partial charge in [0.05, 0.1) is 13.4 Å². The maximum Gasteiger partial charge on any atom is 0.289 e. The van der Waals surface area contributed by atoms with Crippen molar-refractivity contribution in [3.05, 3.63) is 54.0 Å². The number of furan rings is 1. The summed E-state index contributed by atoms with van der Waals surface area (Å²) in [6.45, 7) is 0.791. The highest BCUT2D eigenvalue weighted by Crippen LogP contribution is 2.27. The van der Waals surface area contributed by atoms with Crippen molar-refractivity contribution in [3.8, 4) is 5.75 Å². The van der Waals surface area contributed by atoms with E-state index in [-0.39, 0.29) is 11.9 Å². The molecule has 21 heavy (non-hydrogen) atoms. The summed E-state index contributed by atoms with van der Waals surface area (Å²) >= 11 is 0. The SMILES string of the molecule is COc1ccccc1C[C@@H]1CCCN1C(=O)c1ccco1. The predicted molar refractivity (Wildman–Crippen MR) is 79.5 cm³/mol. The molecule has 0 unspecified atom stereocenters. The fraction of sp³-hybridized carbons (Fsp3) is 0.353. The average molecular weight is 285 g/mol. The first-order valence-corrected chi connectivity index (χ1v) is 7.26. The third kappa shape index (κ3) is 2.79. The summed E-state index contributed by atoms with van der Waals surface area (Å²) in [7, 11) is 1.68. The number of nitrogens with zero attached hydrogens (tertiary/aromatic N) is 1. The summed E-state index contributed by atoms with van der Waals surface area (Å²) < 4.78 is 10.6. The number of hydrogen-bond donors (Lipinski definition) is 0. The molecule has 1 aromatic heterocycles. The Morgan fingerprint density at radius 2 is 2.19 bits per heavy atom. The summed E-state index contributed by atoms with van der Waals surface area (Å²) in [6.07, 6.45) is 4.41. The predicted octanol–water partition coefficient (Wildman–Crippen LogP) is 3.14. The Kier molecular flexibility index (Phi) is 3.95. The molecule has 1 aromatic carbocycles. The normalized spacial score (nSPS) is 18.0. The summed E-state index contributed by atoms with van der Waals surface area (Å²) in [5, 5.41) is 0. The van der Waals surface area contributed by atoms with Gasteiger partial charge in [-0.3, -0.25) is 4.79 Å². The molecule has 1 aliphatic heterocycles. The van der Waals surface area contributed by atoms with E-state index < -0.39 is 0 Å². The lowest BCUT2D eigenvalue weighted by Crippen LogP contribution is -2.36. The maximum atomic E-state index is 12.5. The Bertz CT molecular complexity index is 606. The monoisotopic (exact) mass is 285 g/mol. The number of carbonyl (C=O) groups excluding carboxylic acids is 1. The number of amides is 1. The van der Waals surface area contributed by atoms with Gasteiger partial charge in [-0.15, -0.1) is 0 Å². The van der Waals surface area contributed by atoms with Gasteiger partial charge in [-0.05, 0) is 43.0 Å². The number of likely N-dealkylation sites (tertiary alicyclic amines) is 1. The molecule has 0 aliphatic carbocycles. The van der Waals surface area contributed by atoms with Crippen LogP contribution in [-0.2, 0) is 6.42 Å². The molecule has 0 N–H and O–H groups in total. The lowest BCUT2D eigenvalue weighted by Gasteiger charge is -2.24. The Hall–Kier alpha value is -2.23. The van der Waals surface area contributed by atoms with Crippen LogP contribution in [0.4, 0.5) is 0 Å². The number of benzene rings is 1. The molecule has 0 saturated carbocycles. The van der Waals surface area contributed by atoms with Crippen LogP contribution in [0.3, 0.4) is 0 Å². The van der Waals surface area contributed by atoms with Crippen molar-refractivity contribution < 1.29 is 13.9 Å². The molecule has 110 valence electrons. The van der Waals surface area contributed by atoms with Gasteiger partial charge in [-0.2, -0.15) is 0 Å². The highest BCUT2D eigenvalue weighted by Gasteiger charge is 2.31. The first-order valence-electron chi connectivity index (χ1n) is 7.26. The van der Waals surface area contributed by atoms with Gasteiger partial charge in [0, 0.05) is 12.6 Å². The fourth-order valence-corrected chi connectivity index (χ4v) is 2.98. The molecule has 0 bridgehead atoms. The Labute approximate surface area is 124 Å². The smallest absolute Gasteiger partial charge is 0.289 e. The first-order chi connectivity index (χ1) is 10.3. The highest BCUT2D eigenvalue weighted by atomic mass is 16.5. The molecule has 1 amide bonds. The van der Waals surface area contributed by atoms with Crippen LogP contribution in [0.15, 0.2) is 47.1 Å². The quantitative estimate of drug-likeness (QED) is 0.866. The second kappa shape index (κ2) is 6.04. The number of hydrogen-bond acceptors (Lipinski definition) is 3. The van der Waals surface area contributed by atoms with Crippen LogP contribution in [0.25, 0.3) is 0 Å². The van der Waals surface area contributed by atoms with Crippen LogP contribution in [0.5, 0.6) is 5.75 Å². The zero-order valence-corrected chi connectivity index (χ0v) is 12.1. The van der Waals surface area contributed by atoms with Crippen molar-refractivity contribution in [2.45, 2.75) is 25.3 Å². The van der Waals surface area contributed by atoms with Crippen LogP contribution in [0.1, 0.15) is 29.0 Å². The van der Waals surface area contributed by atoms with Crippen molar-refractivity contribution in [2.75, 3.05) is 13.7 Å². The minimum absolute atomic E-state index is 0.0163. The van der Waals surface area contributed by atoms with Crippen molar-refractivity contribution in [1.82, 2.24) is 4.90 Å². The lowest BCUT2D eigenvalue weighted by molar-refractivity contribution is 0.0703. The largest absolute Gasteiger partial charge is 0.496 e. The zero-order valence-electron chi connectivity index (χ0n) is 12.1. The summed E-state index contributed by atoms with van der Waals surface area (Å²) in [4.78, 5) is 14.4. The van der Waals surface area contributed by atoms with Crippen LogP contribution in [-0.4, -0.2) is 30.5 Å². The number of ether oxygens (including phenoxy) is 1. The number of rotatable bonds is 4. The molecule has 1 atom stereocenters. The average Bonchev–Trinajstić information content (AvgIpc) is 3.18. The van der Waals surface area contributed by atoms with E-state index in [1.807, 2.05) is 23.1 Å². The molecule has 4 nitrogen and oxygen atoms in total. The van der Waals surface area contributed by atoms with Crippen LogP contribution in [0, 0.1) is 0 Å². The molecular weight excluding hydrogens is 266 g/mol. The van der Waals surface area contributed by atoms with Gasteiger partial charge in [0.2, 0.25) is 0 Å². The second-order valence-electron chi connectivity index (χ2n) is 5.29. The van der Waals surface area contributed by atoms with Crippen LogP contribution >= 0.6 is 0 Å². The van der Waals surface area contributed by atoms with Gasteiger partial charge in [0.25, 0.3) is 5.91 Å². The van der Waals surface area contributed by atoms with E-state index in [1.54, 1.807) is 25.5 Å². The Morgan fingerprint density at radius 3 is 2.95 bits per heavy atom. The summed E-state index contributed by atoms with van der Waals surface area (Å²) in [5.74, 6) is 1.29. The lowest BCUT2D eigenvalue weighted by atomic mass is 10.0. The highest BCUT2D eigenvalue weighted by molar-refractivity contribution is 5.91. The number of methoxy groups -OCH3 is 1. The second-order valence-corrected chi connectivity index (χ2v) is 5.29. The van der Waals surface area contributed by atoms with Gasteiger partial charge in [-0.25, -0.2) is 0 Å². The van der Waals surface area contributed by atoms with E-state index in [1.165, 1.54) is 0 Å². The molecule has 2 heterocycles. The molecule has 4 heteroatoms. The fourth-order valence-electron chi connectivity index (χ4n) is 2.98. The molecule has 3 rings (SSSR count). The first kappa shape index (κ1) is 13.7. The van der Waals surface area contributed by atoms with Crippen LogP contribution in [0.2, 0.25) is 0 Å². The number of para-hydroxylation sites is 1. The van der Waals surface area contributed by atoms with E-state index in [4.69, 9.17) is 9.15 Å². The molecule has 0 radical (unpaired) electrons. The van der Waals surface area contributed by atoms with Crippen molar-refractivity contribution in [1.29, 1.82) is 0 Å². The topological polar surface area (TPSA) is 42.7 Å². The molecule has 0 spiro atoms. The summed E-state index contributed by atoms with van der Waals surface area (Å²) in [5.41, 5.74) is 1.14. The van der Waals surface area contributed by atoms with E-state index in [0.717, 1.165) is 37.1 Å². The minimum Gasteiger partial charge on any atom is -0.496 e. The maximum absolute atomic E-state index is 12.5. The molecule has 1 aliphatic rings. The van der Waals surface area contributed by atoms with Crippen molar-refractivity contribution >= 4 is 5.91 Å². The number of carbonyl (C=O) groups is 1. The minimum atomic E-state index is -0.0163. The van der Waals surface area contributed by atoms with Gasteiger partial charge in [0.1, 0.15) is 5.75 Å². The van der Waals surface area contributed by atoms with E-state index in [9.17, 15) is 4.79 Å². The Balaban J connectivity index is 1.77. The Morgan fingerprint density at radius 1 is 1.33 bits per heavy atom. The van der Waals surface area contributed by atoms with Crippen LogP contribution < -0.4 is 4.74 Å². The third-order valence-electron chi connectivity index (χ3n) is 4.02. The summed E-state index contributed by atoms with van der Waals surface area (Å²) in [6, 6.07) is 11.7.